The Kier molecular flexibility index (Phi) is 7.85. The molecule has 0 bridgehead atoms. The summed E-state index contributed by atoms with van der Waals surface area (Å²) in [6, 6.07) is 6.44. The van der Waals surface area contributed by atoms with Gasteiger partial charge in [0.1, 0.15) is 5.75 Å². The van der Waals surface area contributed by atoms with Crippen molar-refractivity contribution in [2.24, 2.45) is 5.92 Å². The SMILES string of the molecule is CC1CCC(NS(=O)(=O)CC(=O)Nc2ccccc2C(=O)NCC2CCCO2)CC1. The third kappa shape index (κ3) is 6.78. The first-order valence-corrected chi connectivity index (χ1v) is 12.3. The third-order valence-corrected chi connectivity index (χ3v) is 6.98. The van der Waals surface area contributed by atoms with Gasteiger partial charge in [-0.1, -0.05) is 19.1 Å². The molecular formula is C21H31N3O5S. The molecule has 8 nitrogen and oxygen atoms in total. The number of rotatable bonds is 8. The Labute approximate surface area is 178 Å². The zero-order valence-corrected chi connectivity index (χ0v) is 18.2. The Hall–Kier alpha value is -1.97. The predicted octanol–water partition coefficient (Wildman–Crippen LogP) is 2.03. The van der Waals surface area contributed by atoms with E-state index < -0.39 is 21.7 Å². The average Bonchev–Trinajstić information content (AvgIpc) is 3.21. The molecule has 1 aromatic rings. The van der Waals surface area contributed by atoms with Crippen molar-refractivity contribution in [1.82, 2.24) is 10.0 Å². The lowest BCUT2D eigenvalue weighted by atomic mass is 9.88. The Balaban J connectivity index is 1.54. The first-order chi connectivity index (χ1) is 14.3. The summed E-state index contributed by atoms with van der Waals surface area (Å²) in [4.78, 5) is 24.9. The summed E-state index contributed by atoms with van der Waals surface area (Å²) in [6.45, 7) is 3.27. The number of hydrogen-bond donors (Lipinski definition) is 3. The van der Waals surface area contributed by atoms with Crippen LogP contribution in [0.4, 0.5) is 5.69 Å². The zero-order valence-electron chi connectivity index (χ0n) is 17.4. The maximum absolute atomic E-state index is 12.5. The second-order valence-electron chi connectivity index (χ2n) is 8.27. The molecular weight excluding hydrogens is 406 g/mol. The topological polar surface area (TPSA) is 114 Å². The minimum Gasteiger partial charge on any atom is -0.376 e. The van der Waals surface area contributed by atoms with Gasteiger partial charge in [-0.2, -0.15) is 0 Å². The van der Waals surface area contributed by atoms with Crippen LogP contribution in [0.3, 0.4) is 0 Å². The van der Waals surface area contributed by atoms with Gasteiger partial charge in [-0.15, -0.1) is 0 Å². The summed E-state index contributed by atoms with van der Waals surface area (Å²) in [5, 5.41) is 5.38. The normalized spacial score (nSPS) is 24.4. The van der Waals surface area contributed by atoms with Crippen LogP contribution in [-0.2, 0) is 19.6 Å². The highest BCUT2D eigenvalue weighted by molar-refractivity contribution is 7.90. The van der Waals surface area contributed by atoms with Gasteiger partial charge in [-0.3, -0.25) is 9.59 Å². The van der Waals surface area contributed by atoms with Crippen LogP contribution in [0.15, 0.2) is 24.3 Å². The number of hydrogen-bond acceptors (Lipinski definition) is 5. The standard InChI is InChI=1S/C21H31N3O5S/c1-15-8-10-16(11-9-15)24-30(27,28)14-20(25)23-19-7-3-2-6-18(19)21(26)22-13-17-5-4-12-29-17/h2-3,6-7,15-17,24H,4-5,8-14H2,1H3,(H,22,26)(H,23,25). The van der Waals surface area contributed by atoms with E-state index >= 15 is 0 Å². The van der Waals surface area contributed by atoms with E-state index in [0.29, 0.717) is 19.1 Å². The first kappa shape index (κ1) is 22.7. The molecule has 1 aliphatic heterocycles. The number of sulfonamides is 1. The molecule has 3 rings (SSSR count). The van der Waals surface area contributed by atoms with Crippen LogP contribution >= 0.6 is 0 Å². The van der Waals surface area contributed by atoms with Crippen LogP contribution in [0.25, 0.3) is 0 Å². The lowest BCUT2D eigenvalue weighted by molar-refractivity contribution is -0.113. The highest BCUT2D eigenvalue weighted by Gasteiger charge is 2.25. The summed E-state index contributed by atoms with van der Waals surface area (Å²) in [5.41, 5.74) is 0.574. The molecule has 2 fully saturated rings. The maximum Gasteiger partial charge on any atom is 0.253 e. The fourth-order valence-corrected chi connectivity index (χ4v) is 5.17. The molecule has 0 spiro atoms. The number of para-hydroxylation sites is 1. The Morgan fingerprint density at radius 3 is 2.53 bits per heavy atom. The molecule has 1 aliphatic carbocycles. The summed E-state index contributed by atoms with van der Waals surface area (Å²) in [7, 11) is -3.75. The molecule has 1 aromatic carbocycles. The lowest BCUT2D eigenvalue weighted by Crippen LogP contribution is -2.41. The number of carbonyl (C=O) groups is 2. The molecule has 0 radical (unpaired) electrons. The number of nitrogens with one attached hydrogen (secondary N) is 3. The molecule has 9 heteroatoms. The van der Waals surface area contributed by atoms with Gasteiger partial charge in [-0.25, -0.2) is 13.1 Å². The molecule has 1 atom stereocenters. The van der Waals surface area contributed by atoms with Gasteiger partial charge in [0.25, 0.3) is 5.91 Å². The van der Waals surface area contributed by atoms with Gasteiger partial charge in [0, 0.05) is 19.2 Å². The fourth-order valence-electron chi connectivity index (χ4n) is 3.93. The van der Waals surface area contributed by atoms with Crippen molar-refractivity contribution in [1.29, 1.82) is 0 Å². The minimum absolute atomic E-state index is 0.00898. The second kappa shape index (κ2) is 10.4. The third-order valence-electron chi connectivity index (χ3n) is 5.64. The van der Waals surface area contributed by atoms with Gasteiger partial charge in [0.2, 0.25) is 15.9 Å². The number of carbonyl (C=O) groups excluding carboxylic acids is 2. The first-order valence-electron chi connectivity index (χ1n) is 10.6. The van der Waals surface area contributed by atoms with E-state index in [1.54, 1.807) is 24.3 Å². The summed E-state index contributed by atoms with van der Waals surface area (Å²) in [5.74, 6) is -1.08. The van der Waals surface area contributed by atoms with E-state index in [0.717, 1.165) is 38.5 Å². The number of amides is 2. The van der Waals surface area contributed by atoms with Crippen LogP contribution in [0.2, 0.25) is 0 Å². The van der Waals surface area contributed by atoms with E-state index in [9.17, 15) is 18.0 Å². The van der Waals surface area contributed by atoms with Crippen molar-refractivity contribution in [2.75, 3.05) is 24.2 Å². The molecule has 0 aromatic heterocycles. The van der Waals surface area contributed by atoms with Crippen molar-refractivity contribution < 1.29 is 22.7 Å². The monoisotopic (exact) mass is 437 g/mol. The molecule has 2 amide bonds. The highest BCUT2D eigenvalue weighted by atomic mass is 32.2. The van der Waals surface area contributed by atoms with Crippen molar-refractivity contribution in [3.05, 3.63) is 29.8 Å². The Morgan fingerprint density at radius 1 is 1.10 bits per heavy atom. The predicted molar refractivity (Wildman–Crippen MR) is 115 cm³/mol. The summed E-state index contributed by atoms with van der Waals surface area (Å²) >= 11 is 0. The minimum atomic E-state index is -3.75. The molecule has 1 saturated carbocycles. The maximum atomic E-state index is 12.5. The van der Waals surface area contributed by atoms with Gasteiger partial charge in [-0.05, 0) is 56.6 Å². The van der Waals surface area contributed by atoms with Crippen LogP contribution in [0, 0.1) is 5.92 Å². The number of ether oxygens (including phenoxy) is 1. The summed E-state index contributed by atoms with van der Waals surface area (Å²) < 4.78 is 32.9. The Morgan fingerprint density at radius 2 is 1.83 bits per heavy atom. The molecule has 30 heavy (non-hydrogen) atoms. The van der Waals surface area contributed by atoms with E-state index in [4.69, 9.17) is 4.74 Å². The van der Waals surface area contributed by atoms with Crippen LogP contribution in [0.1, 0.15) is 55.8 Å². The van der Waals surface area contributed by atoms with Crippen molar-refractivity contribution >= 4 is 27.5 Å². The molecule has 1 heterocycles. The highest BCUT2D eigenvalue weighted by Crippen LogP contribution is 2.24. The largest absolute Gasteiger partial charge is 0.376 e. The number of anilines is 1. The summed E-state index contributed by atoms with van der Waals surface area (Å²) in [6.07, 6.45) is 5.43. The van der Waals surface area contributed by atoms with E-state index in [1.807, 2.05) is 0 Å². The molecule has 2 aliphatic rings. The second-order valence-corrected chi connectivity index (χ2v) is 10.0. The number of benzene rings is 1. The van der Waals surface area contributed by atoms with Crippen molar-refractivity contribution in [2.45, 2.75) is 57.6 Å². The van der Waals surface area contributed by atoms with Crippen LogP contribution in [-0.4, -0.2) is 51.3 Å². The Bertz CT molecular complexity index is 844. The van der Waals surface area contributed by atoms with Gasteiger partial charge in [0.05, 0.1) is 17.4 Å². The lowest BCUT2D eigenvalue weighted by Gasteiger charge is -2.26. The average molecular weight is 438 g/mol. The smallest absolute Gasteiger partial charge is 0.253 e. The van der Waals surface area contributed by atoms with Gasteiger partial charge in [0.15, 0.2) is 0 Å². The fraction of sp³-hybridized carbons (Fsp3) is 0.619. The molecule has 3 N–H and O–H groups in total. The van der Waals surface area contributed by atoms with Gasteiger partial charge < -0.3 is 15.4 Å². The van der Waals surface area contributed by atoms with Crippen molar-refractivity contribution in [3.63, 3.8) is 0 Å². The van der Waals surface area contributed by atoms with Crippen molar-refractivity contribution in [3.8, 4) is 0 Å². The molecule has 166 valence electrons. The van der Waals surface area contributed by atoms with Gasteiger partial charge >= 0.3 is 0 Å². The van der Waals surface area contributed by atoms with Crippen LogP contribution in [0.5, 0.6) is 0 Å². The quantitative estimate of drug-likeness (QED) is 0.576. The molecule has 1 unspecified atom stereocenters. The van der Waals surface area contributed by atoms with E-state index in [1.165, 1.54) is 0 Å². The molecule has 1 saturated heterocycles. The zero-order chi connectivity index (χ0) is 21.6. The van der Waals surface area contributed by atoms with Crippen LogP contribution < -0.4 is 15.4 Å². The van der Waals surface area contributed by atoms with E-state index in [-0.39, 0.29) is 29.3 Å². The van der Waals surface area contributed by atoms with E-state index in [2.05, 4.69) is 22.3 Å².